The van der Waals surface area contributed by atoms with Crippen molar-refractivity contribution in [3.05, 3.63) is 11.8 Å². The van der Waals surface area contributed by atoms with Crippen molar-refractivity contribution < 1.29 is 4.79 Å². The number of nitrogen functional groups attached to an aromatic ring is 1. The minimum atomic E-state index is 0.0153. The van der Waals surface area contributed by atoms with Crippen molar-refractivity contribution >= 4 is 11.7 Å². The molecule has 5 nitrogen and oxygen atoms in total. The van der Waals surface area contributed by atoms with Crippen LogP contribution < -0.4 is 5.73 Å². The third-order valence-corrected chi connectivity index (χ3v) is 3.37. The molecule has 1 aliphatic heterocycles. The number of carbonyl (C=O) groups is 1. The number of anilines is 1. The molecule has 16 heavy (non-hydrogen) atoms. The average molecular weight is 222 g/mol. The van der Waals surface area contributed by atoms with Crippen LogP contribution >= 0.6 is 0 Å². The Morgan fingerprint density at radius 3 is 2.94 bits per heavy atom. The number of aromatic nitrogens is 2. The molecule has 0 aliphatic carbocycles. The van der Waals surface area contributed by atoms with Gasteiger partial charge in [-0.1, -0.05) is 13.3 Å². The van der Waals surface area contributed by atoms with Gasteiger partial charge in [0.05, 0.1) is 6.20 Å². The highest BCUT2D eigenvalue weighted by Crippen LogP contribution is 2.22. The van der Waals surface area contributed by atoms with E-state index in [2.05, 4.69) is 12.0 Å². The first kappa shape index (κ1) is 11.0. The van der Waals surface area contributed by atoms with Crippen LogP contribution in [0.2, 0.25) is 0 Å². The molecule has 1 saturated heterocycles. The van der Waals surface area contributed by atoms with Gasteiger partial charge < -0.3 is 10.6 Å². The van der Waals surface area contributed by atoms with Crippen LogP contribution in [-0.4, -0.2) is 33.7 Å². The Kier molecular flexibility index (Phi) is 2.85. The van der Waals surface area contributed by atoms with Gasteiger partial charge in [-0.2, -0.15) is 5.10 Å². The number of aryl methyl sites for hydroxylation is 1. The molecule has 1 atom stereocenters. The second kappa shape index (κ2) is 4.15. The Bertz CT molecular complexity index is 399. The van der Waals surface area contributed by atoms with Crippen LogP contribution in [0.4, 0.5) is 5.82 Å². The van der Waals surface area contributed by atoms with E-state index in [0.717, 1.165) is 25.9 Å². The van der Waals surface area contributed by atoms with Crippen molar-refractivity contribution in [2.75, 3.05) is 18.8 Å². The fraction of sp³-hybridized carbons (Fsp3) is 0.636. The fourth-order valence-electron chi connectivity index (χ4n) is 2.13. The molecular formula is C11H18N4O. The van der Waals surface area contributed by atoms with E-state index in [-0.39, 0.29) is 5.91 Å². The van der Waals surface area contributed by atoms with Gasteiger partial charge in [-0.05, 0) is 12.3 Å². The predicted octanol–water partition coefficient (Wildman–Crippen LogP) is 0.874. The number of nitrogens with two attached hydrogens (primary N) is 1. The first-order valence-corrected chi connectivity index (χ1v) is 5.70. The largest absolute Gasteiger partial charge is 0.383 e. The van der Waals surface area contributed by atoms with Crippen LogP contribution in [0.25, 0.3) is 0 Å². The first-order valence-electron chi connectivity index (χ1n) is 5.70. The molecule has 1 aromatic heterocycles. The lowest BCUT2D eigenvalue weighted by Crippen LogP contribution is -2.29. The van der Waals surface area contributed by atoms with E-state index in [4.69, 9.17) is 5.73 Å². The highest BCUT2D eigenvalue weighted by Gasteiger charge is 2.27. The third kappa shape index (κ3) is 1.77. The average Bonchev–Trinajstić information content (AvgIpc) is 2.87. The third-order valence-electron chi connectivity index (χ3n) is 3.37. The van der Waals surface area contributed by atoms with E-state index >= 15 is 0 Å². The maximum absolute atomic E-state index is 12.1. The number of amides is 1. The maximum atomic E-state index is 12.1. The van der Waals surface area contributed by atoms with Crippen molar-refractivity contribution in [2.24, 2.45) is 13.0 Å². The molecule has 0 bridgehead atoms. The smallest absolute Gasteiger partial charge is 0.259 e. The van der Waals surface area contributed by atoms with Crippen molar-refractivity contribution in [1.29, 1.82) is 0 Å². The van der Waals surface area contributed by atoms with Gasteiger partial charge in [0.2, 0.25) is 0 Å². The second-order valence-corrected chi connectivity index (χ2v) is 4.38. The lowest BCUT2D eigenvalue weighted by Gasteiger charge is -2.15. The summed E-state index contributed by atoms with van der Waals surface area (Å²) in [5.74, 6) is 1.10. The number of carbonyl (C=O) groups excluding carboxylic acids is 1. The van der Waals surface area contributed by atoms with Crippen molar-refractivity contribution in [1.82, 2.24) is 14.7 Å². The highest BCUT2D eigenvalue weighted by molar-refractivity contribution is 5.98. The first-order chi connectivity index (χ1) is 7.63. The molecule has 0 saturated carbocycles. The zero-order chi connectivity index (χ0) is 11.7. The molecular weight excluding hydrogens is 204 g/mol. The Labute approximate surface area is 95.2 Å². The zero-order valence-corrected chi connectivity index (χ0v) is 9.81. The summed E-state index contributed by atoms with van der Waals surface area (Å²) in [5.41, 5.74) is 6.32. The molecule has 0 spiro atoms. The summed E-state index contributed by atoms with van der Waals surface area (Å²) in [4.78, 5) is 14.0. The Hall–Kier alpha value is -1.52. The van der Waals surface area contributed by atoms with Crippen molar-refractivity contribution in [2.45, 2.75) is 19.8 Å². The minimum Gasteiger partial charge on any atom is -0.383 e. The van der Waals surface area contributed by atoms with Gasteiger partial charge in [0, 0.05) is 20.1 Å². The Morgan fingerprint density at radius 1 is 1.69 bits per heavy atom. The molecule has 0 aromatic carbocycles. The Morgan fingerprint density at radius 2 is 2.44 bits per heavy atom. The monoisotopic (exact) mass is 222 g/mol. The SMILES string of the molecule is CCC1CCN(C(=O)c2cnn(C)c2N)C1. The molecule has 2 N–H and O–H groups in total. The number of rotatable bonds is 2. The molecule has 1 unspecified atom stereocenters. The fourth-order valence-corrected chi connectivity index (χ4v) is 2.13. The molecule has 1 fully saturated rings. The van der Waals surface area contributed by atoms with E-state index in [1.165, 1.54) is 4.68 Å². The van der Waals surface area contributed by atoms with Crippen LogP contribution in [0.15, 0.2) is 6.20 Å². The van der Waals surface area contributed by atoms with Crippen LogP contribution in [0.5, 0.6) is 0 Å². The van der Waals surface area contributed by atoms with Crippen LogP contribution in [0, 0.1) is 5.92 Å². The zero-order valence-electron chi connectivity index (χ0n) is 9.81. The van der Waals surface area contributed by atoms with Crippen molar-refractivity contribution in [3.8, 4) is 0 Å². The molecule has 5 heteroatoms. The maximum Gasteiger partial charge on any atom is 0.259 e. The normalized spacial score (nSPS) is 20.4. The number of nitrogens with zero attached hydrogens (tertiary/aromatic N) is 3. The molecule has 1 aliphatic rings. The molecule has 2 heterocycles. The molecule has 2 rings (SSSR count). The summed E-state index contributed by atoms with van der Waals surface area (Å²) in [5, 5.41) is 3.99. The molecule has 1 amide bonds. The van der Waals surface area contributed by atoms with Gasteiger partial charge in [-0.15, -0.1) is 0 Å². The van der Waals surface area contributed by atoms with E-state index in [0.29, 0.717) is 17.3 Å². The van der Waals surface area contributed by atoms with Gasteiger partial charge in [0.1, 0.15) is 11.4 Å². The van der Waals surface area contributed by atoms with E-state index in [1.54, 1.807) is 13.2 Å². The summed E-state index contributed by atoms with van der Waals surface area (Å²) in [6.45, 7) is 3.85. The molecule has 0 radical (unpaired) electrons. The van der Waals surface area contributed by atoms with E-state index in [9.17, 15) is 4.79 Å². The van der Waals surface area contributed by atoms with Gasteiger partial charge in [-0.3, -0.25) is 9.48 Å². The van der Waals surface area contributed by atoms with Crippen LogP contribution in [0.1, 0.15) is 30.1 Å². The lowest BCUT2D eigenvalue weighted by atomic mass is 10.1. The minimum absolute atomic E-state index is 0.0153. The summed E-state index contributed by atoms with van der Waals surface area (Å²) in [6, 6.07) is 0. The number of hydrogen-bond acceptors (Lipinski definition) is 3. The molecule has 88 valence electrons. The second-order valence-electron chi connectivity index (χ2n) is 4.38. The predicted molar refractivity (Wildman–Crippen MR) is 61.9 cm³/mol. The topological polar surface area (TPSA) is 64.2 Å². The highest BCUT2D eigenvalue weighted by atomic mass is 16.2. The lowest BCUT2D eigenvalue weighted by molar-refractivity contribution is 0.0788. The van der Waals surface area contributed by atoms with Gasteiger partial charge >= 0.3 is 0 Å². The quantitative estimate of drug-likeness (QED) is 0.807. The van der Waals surface area contributed by atoms with Crippen LogP contribution in [0.3, 0.4) is 0 Å². The summed E-state index contributed by atoms with van der Waals surface area (Å²) in [6.07, 6.45) is 3.78. The standard InChI is InChI=1S/C11H18N4O/c1-3-8-4-5-15(7-8)11(16)9-6-13-14(2)10(9)12/h6,8H,3-5,7,12H2,1-2H3. The summed E-state index contributed by atoms with van der Waals surface area (Å²) < 4.78 is 1.53. The van der Waals surface area contributed by atoms with Gasteiger partial charge in [0.15, 0.2) is 0 Å². The summed E-state index contributed by atoms with van der Waals surface area (Å²) in [7, 11) is 1.74. The van der Waals surface area contributed by atoms with Gasteiger partial charge in [0.25, 0.3) is 5.91 Å². The number of likely N-dealkylation sites (tertiary alicyclic amines) is 1. The Balaban J connectivity index is 2.12. The summed E-state index contributed by atoms with van der Waals surface area (Å²) >= 11 is 0. The van der Waals surface area contributed by atoms with Gasteiger partial charge in [-0.25, -0.2) is 0 Å². The van der Waals surface area contributed by atoms with Crippen LogP contribution in [-0.2, 0) is 7.05 Å². The number of hydrogen-bond donors (Lipinski definition) is 1. The molecule has 1 aromatic rings. The van der Waals surface area contributed by atoms with E-state index < -0.39 is 0 Å². The van der Waals surface area contributed by atoms with Crippen molar-refractivity contribution in [3.63, 3.8) is 0 Å². The van der Waals surface area contributed by atoms with E-state index in [1.807, 2.05) is 4.90 Å².